The zero-order chi connectivity index (χ0) is 11.8. The second-order valence-electron chi connectivity index (χ2n) is 3.63. The maximum atomic E-state index is 5.48. The summed E-state index contributed by atoms with van der Waals surface area (Å²) in [7, 11) is 0. The van der Waals surface area contributed by atoms with Crippen molar-refractivity contribution in [3.05, 3.63) is 11.1 Å². The predicted octanol–water partition coefficient (Wildman–Crippen LogP) is 2.52. The second-order valence-corrected chi connectivity index (χ2v) is 4.75. The predicted molar refractivity (Wildman–Crippen MR) is 67.0 cm³/mol. The second kappa shape index (κ2) is 7.60. The fourth-order valence-electron chi connectivity index (χ4n) is 1.12. The van der Waals surface area contributed by atoms with Gasteiger partial charge in [0.1, 0.15) is 0 Å². The summed E-state index contributed by atoms with van der Waals surface area (Å²) in [5, 5.41) is 4.13. The first-order valence-electron chi connectivity index (χ1n) is 5.60. The molecule has 0 unspecified atom stereocenters. The lowest BCUT2D eigenvalue weighted by atomic mass is 10.5. The number of rotatable bonds is 8. The van der Waals surface area contributed by atoms with E-state index in [9.17, 15) is 0 Å². The van der Waals surface area contributed by atoms with E-state index in [0.29, 0.717) is 19.8 Å². The van der Waals surface area contributed by atoms with Gasteiger partial charge in [0.05, 0.1) is 30.8 Å². The maximum absolute atomic E-state index is 5.48. The molecule has 16 heavy (non-hydrogen) atoms. The summed E-state index contributed by atoms with van der Waals surface area (Å²) in [6.45, 7) is 8.89. The summed E-state index contributed by atoms with van der Waals surface area (Å²) in [6.07, 6.45) is 2.12. The van der Waals surface area contributed by atoms with Gasteiger partial charge in [0.25, 0.3) is 0 Å². The van der Waals surface area contributed by atoms with Crippen LogP contribution in [0.15, 0.2) is 6.20 Å². The van der Waals surface area contributed by atoms with Crippen LogP contribution in [0.25, 0.3) is 0 Å². The first kappa shape index (κ1) is 13.4. The number of hydrogen-bond donors (Lipinski definition) is 1. The topological polar surface area (TPSA) is 43.4 Å². The van der Waals surface area contributed by atoms with E-state index < -0.39 is 0 Å². The molecule has 0 saturated heterocycles. The van der Waals surface area contributed by atoms with Crippen molar-refractivity contribution in [1.29, 1.82) is 0 Å². The molecule has 0 aromatic carbocycles. The molecule has 0 aliphatic heterocycles. The Hall–Kier alpha value is -0.650. The Morgan fingerprint density at radius 3 is 2.94 bits per heavy atom. The smallest absolute Gasteiger partial charge is 0.182 e. The Bertz CT molecular complexity index is 289. The van der Waals surface area contributed by atoms with Gasteiger partial charge >= 0.3 is 0 Å². The minimum absolute atomic E-state index is 0.271. The summed E-state index contributed by atoms with van der Waals surface area (Å²) in [4.78, 5) is 5.37. The van der Waals surface area contributed by atoms with E-state index in [2.05, 4.69) is 17.2 Å². The van der Waals surface area contributed by atoms with E-state index in [1.165, 1.54) is 0 Å². The number of ether oxygens (including phenoxy) is 2. The molecule has 92 valence electrons. The van der Waals surface area contributed by atoms with Gasteiger partial charge in [0.2, 0.25) is 0 Å². The van der Waals surface area contributed by atoms with Crippen LogP contribution in [0.5, 0.6) is 0 Å². The lowest BCUT2D eigenvalue weighted by Crippen LogP contribution is -2.09. The highest BCUT2D eigenvalue weighted by Gasteiger charge is 2.01. The van der Waals surface area contributed by atoms with Gasteiger partial charge in [-0.15, -0.1) is 0 Å². The van der Waals surface area contributed by atoms with Crippen molar-refractivity contribution in [1.82, 2.24) is 4.98 Å². The third kappa shape index (κ3) is 5.44. The molecule has 1 heterocycles. The molecule has 0 fully saturated rings. The monoisotopic (exact) mass is 244 g/mol. The fourth-order valence-corrected chi connectivity index (χ4v) is 1.94. The highest BCUT2D eigenvalue weighted by Crippen LogP contribution is 2.18. The Morgan fingerprint density at radius 2 is 2.25 bits per heavy atom. The summed E-state index contributed by atoms with van der Waals surface area (Å²) in [5.74, 6) is 0. The summed E-state index contributed by atoms with van der Waals surface area (Å²) >= 11 is 1.63. The van der Waals surface area contributed by atoms with E-state index >= 15 is 0 Å². The quantitative estimate of drug-likeness (QED) is 0.714. The summed E-state index contributed by atoms with van der Waals surface area (Å²) in [5.41, 5.74) is 0. The van der Waals surface area contributed by atoms with Crippen LogP contribution in [0.2, 0.25) is 0 Å². The number of anilines is 1. The number of nitrogens with zero attached hydrogens (tertiary/aromatic N) is 1. The van der Waals surface area contributed by atoms with Gasteiger partial charge in [-0.2, -0.15) is 0 Å². The van der Waals surface area contributed by atoms with Gasteiger partial charge in [-0.05, 0) is 20.8 Å². The third-order valence-electron chi connectivity index (χ3n) is 1.80. The van der Waals surface area contributed by atoms with Crippen LogP contribution in [0.4, 0.5) is 5.13 Å². The highest BCUT2D eigenvalue weighted by atomic mass is 32.1. The largest absolute Gasteiger partial charge is 0.376 e. The molecule has 0 spiro atoms. The lowest BCUT2D eigenvalue weighted by Gasteiger charge is -2.06. The third-order valence-corrected chi connectivity index (χ3v) is 2.73. The molecule has 1 aromatic heterocycles. The molecule has 0 atom stereocenters. The van der Waals surface area contributed by atoms with Crippen LogP contribution in [0.1, 0.15) is 25.6 Å². The van der Waals surface area contributed by atoms with Crippen LogP contribution in [-0.4, -0.2) is 30.8 Å². The number of nitrogens with one attached hydrogen (secondary N) is 1. The lowest BCUT2D eigenvalue weighted by molar-refractivity contribution is 0.0149. The average molecular weight is 244 g/mol. The molecule has 0 bridgehead atoms. The molecule has 1 aromatic rings. The molecule has 0 aliphatic carbocycles. The molecule has 4 nitrogen and oxygen atoms in total. The van der Waals surface area contributed by atoms with Gasteiger partial charge in [-0.25, -0.2) is 4.98 Å². The maximum Gasteiger partial charge on any atom is 0.182 e. The van der Waals surface area contributed by atoms with Crippen molar-refractivity contribution in [2.75, 3.05) is 25.1 Å². The van der Waals surface area contributed by atoms with E-state index in [4.69, 9.17) is 9.47 Å². The fraction of sp³-hybridized carbons (Fsp3) is 0.727. The Morgan fingerprint density at radius 1 is 1.44 bits per heavy atom. The van der Waals surface area contributed by atoms with E-state index in [-0.39, 0.29) is 6.10 Å². The Kier molecular flexibility index (Phi) is 6.37. The minimum Gasteiger partial charge on any atom is -0.376 e. The van der Waals surface area contributed by atoms with Gasteiger partial charge in [-0.3, -0.25) is 0 Å². The SMILES string of the molecule is CCNc1ncc(COCCOC(C)C)s1. The van der Waals surface area contributed by atoms with E-state index in [1.807, 2.05) is 20.0 Å². The average Bonchev–Trinajstić information content (AvgIpc) is 2.65. The number of hydrogen-bond acceptors (Lipinski definition) is 5. The van der Waals surface area contributed by atoms with Crippen molar-refractivity contribution >= 4 is 16.5 Å². The van der Waals surface area contributed by atoms with Crippen LogP contribution in [-0.2, 0) is 16.1 Å². The molecule has 0 amide bonds. The van der Waals surface area contributed by atoms with Crippen LogP contribution < -0.4 is 5.32 Å². The van der Waals surface area contributed by atoms with Crippen molar-refractivity contribution < 1.29 is 9.47 Å². The summed E-state index contributed by atoms with van der Waals surface area (Å²) < 4.78 is 10.9. The molecule has 0 aliphatic rings. The molecule has 0 saturated carbocycles. The Balaban J connectivity index is 2.12. The standard InChI is InChI=1S/C11H20N2O2S/c1-4-12-11-13-7-10(16-11)8-14-5-6-15-9(2)3/h7,9H,4-6,8H2,1-3H3,(H,12,13). The first-order valence-corrected chi connectivity index (χ1v) is 6.42. The van der Waals surface area contributed by atoms with Crippen LogP contribution >= 0.6 is 11.3 Å². The van der Waals surface area contributed by atoms with Gasteiger partial charge in [0.15, 0.2) is 5.13 Å². The van der Waals surface area contributed by atoms with Gasteiger partial charge in [0, 0.05) is 12.7 Å². The molecule has 1 N–H and O–H groups in total. The highest BCUT2D eigenvalue weighted by molar-refractivity contribution is 7.15. The molecule has 0 radical (unpaired) electrons. The molecular formula is C11H20N2O2S. The van der Waals surface area contributed by atoms with Crippen LogP contribution in [0, 0.1) is 0 Å². The van der Waals surface area contributed by atoms with Crippen molar-refractivity contribution in [2.45, 2.75) is 33.5 Å². The van der Waals surface area contributed by atoms with E-state index in [1.54, 1.807) is 11.3 Å². The number of thiazole rings is 1. The van der Waals surface area contributed by atoms with Crippen molar-refractivity contribution in [3.63, 3.8) is 0 Å². The molecule has 5 heteroatoms. The zero-order valence-corrected chi connectivity index (χ0v) is 11.0. The molecule has 1 rings (SSSR count). The first-order chi connectivity index (χ1) is 7.72. The van der Waals surface area contributed by atoms with Gasteiger partial charge < -0.3 is 14.8 Å². The van der Waals surface area contributed by atoms with Gasteiger partial charge in [-0.1, -0.05) is 11.3 Å². The molecular weight excluding hydrogens is 224 g/mol. The Labute approximate surface area is 101 Å². The zero-order valence-electron chi connectivity index (χ0n) is 10.2. The number of aromatic nitrogens is 1. The van der Waals surface area contributed by atoms with Crippen LogP contribution in [0.3, 0.4) is 0 Å². The van der Waals surface area contributed by atoms with E-state index in [0.717, 1.165) is 16.6 Å². The van der Waals surface area contributed by atoms with Crippen molar-refractivity contribution in [3.8, 4) is 0 Å². The normalized spacial score (nSPS) is 11.0. The minimum atomic E-state index is 0.271. The summed E-state index contributed by atoms with van der Waals surface area (Å²) in [6, 6.07) is 0. The van der Waals surface area contributed by atoms with Crippen molar-refractivity contribution in [2.24, 2.45) is 0 Å².